The van der Waals surface area contributed by atoms with Crippen LogP contribution in [0.2, 0.25) is 0 Å². The van der Waals surface area contributed by atoms with Gasteiger partial charge in [0.1, 0.15) is 17.8 Å². The van der Waals surface area contributed by atoms with Gasteiger partial charge in [0.25, 0.3) is 5.56 Å². The van der Waals surface area contributed by atoms with Crippen LogP contribution in [0.15, 0.2) is 9.59 Å². The third kappa shape index (κ3) is 1.53. The summed E-state index contributed by atoms with van der Waals surface area (Å²) in [5, 5.41) is 19.0. The Hall–Kier alpha value is -2.09. The molecule has 98 valence electrons. The van der Waals surface area contributed by atoms with Crippen LogP contribution in [0.25, 0.3) is 0 Å². The highest BCUT2D eigenvalue weighted by Gasteiger charge is 2.45. The van der Waals surface area contributed by atoms with Crippen molar-refractivity contribution in [1.29, 1.82) is 0 Å². The fourth-order valence-corrected chi connectivity index (χ4v) is 2.04. The van der Waals surface area contributed by atoms with Gasteiger partial charge in [0.2, 0.25) is 5.88 Å². The van der Waals surface area contributed by atoms with Crippen LogP contribution >= 0.6 is 0 Å². The molecule has 0 amide bonds. The van der Waals surface area contributed by atoms with Crippen LogP contribution in [-0.4, -0.2) is 31.9 Å². The van der Waals surface area contributed by atoms with E-state index in [0.29, 0.717) is 0 Å². The Bertz CT molecular complexity index is 643. The molecule has 0 aliphatic carbocycles. The molecular formula is C10H12N2O6. The lowest BCUT2D eigenvalue weighted by Crippen LogP contribution is -2.43. The van der Waals surface area contributed by atoms with Gasteiger partial charge in [0.05, 0.1) is 6.42 Å². The minimum atomic E-state index is -1.90. The summed E-state index contributed by atoms with van der Waals surface area (Å²) in [6.07, 6.45) is -0.659. The molecule has 0 saturated heterocycles. The lowest BCUT2D eigenvalue weighted by atomic mass is 9.95. The lowest BCUT2D eigenvalue weighted by Gasteiger charge is -2.17. The smallest absolute Gasteiger partial charge is 0.333 e. The van der Waals surface area contributed by atoms with Gasteiger partial charge in [-0.25, -0.2) is 4.79 Å². The van der Waals surface area contributed by atoms with Gasteiger partial charge in [-0.1, -0.05) is 0 Å². The van der Waals surface area contributed by atoms with Crippen LogP contribution in [-0.2, 0) is 24.5 Å². The zero-order valence-electron chi connectivity index (χ0n) is 9.84. The van der Waals surface area contributed by atoms with Crippen molar-refractivity contribution in [3.63, 3.8) is 0 Å². The Kier molecular flexibility index (Phi) is 2.54. The molecule has 0 radical (unpaired) electrons. The molecule has 1 aliphatic heterocycles. The monoisotopic (exact) mass is 256 g/mol. The van der Waals surface area contributed by atoms with E-state index in [-0.39, 0.29) is 18.1 Å². The predicted octanol–water partition coefficient (Wildman–Crippen LogP) is -1.86. The van der Waals surface area contributed by atoms with E-state index in [9.17, 15) is 19.5 Å². The predicted molar refractivity (Wildman–Crippen MR) is 58.6 cm³/mol. The van der Waals surface area contributed by atoms with Gasteiger partial charge in [-0.05, 0) is 0 Å². The number of hydrogen-bond acceptors (Lipinski definition) is 5. The van der Waals surface area contributed by atoms with Gasteiger partial charge >= 0.3 is 11.7 Å². The first-order chi connectivity index (χ1) is 8.28. The fraction of sp³-hybridized carbons (Fsp3) is 0.500. The number of ether oxygens (including phenoxy) is 1. The maximum Gasteiger partial charge on any atom is 0.333 e. The number of rotatable bonds is 2. The van der Waals surface area contributed by atoms with Gasteiger partial charge in [-0.15, -0.1) is 0 Å². The Balaban J connectivity index is 2.75. The molecule has 0 spiro atoms. The molecule has 8 heteroatoms. The summed E-state index contributed by atoms with van der Waals surface area (Å²) in [5.41, 5.74) is -3.43. The zero-order valence-corrected chi connectivity index (χ0v) is 9.84. The van der Waals surface area contributed by atoms with E-state index >= 15 is 0 Å². The third-order valence-corrected chi connectivity index (χ3v) is 2.97. The highest BCUT2D eigenvalue weighted by Crippen LogP contribution is 2.35. The van der Waals surface area contributed by atoms with Crippen molar-refractivity contribution in [3.8, 4) is 5.88 Å². The number of fused-ring (bicyclic) bond motifs is 1. The number of aliphatic carboxylic acids is 1. The first-order valence-electron chi connectivity index (χ1n) is 5.15. The largest absolute Gasteiger partial charge is 0.481 e. The third-order valence-electron chi connectivity index (χ3n) is 2.97. The van der Waals surface area contributed by atoms with Gasteiger partial charge in [-0.2, -0.15) is 0 Å². The topological polar surface area (TPSA) is 111 Å². The van der Waals surface area contributed by atoms with E-state index in [1.165, 1.54) is 14.1 Å². The Morgan fingerprint density at radius 1 is 1.39 bits per heavy atom. The highest BCUT2D eigenvalue weighted by molar-refractivity contribution is 5.69. The van der Waals surface area contributed by atoms with E-state index in [1.54, 1.807) is 0 Å². The van der Waals surface area contributed by atoms with Gasteiger partial charge in [0, 0.05) is 14.1 Å². The Morgan fingerprint density at radius 3 is 2.56 bits per heavy atom. The minimum absolute atomic E-state index is 0.0770. The summed E-state index contributed by atoms with van der Waals surface area (Å²) in [7, 11) is 2.64. The molecule has 18 heavy (non-hydrogen) atoms. The summed E-state index contributed by atoms with van der Waals surface area (Å²) < 4.78 is 6.97. The molecule has 2 heterocycles. The number of hydrogen-bond donors (Lipinski definition) is 2. The Morgan fingerprint density at radius 2 is 2.00 bits per heavy atom. The summed E-state index contributed by atoms with van der Waals surface area (Å²) in [6.45, 7) is -0.360. The van der Waals surface area contributed by atoms with E-state index < -0.39 is 29.2 Å². The number of aromatic nitrogens is 2. The van der Waals surface area contributed by atoms with Crippen molar-refractivity contribution in [1.82, 2.24) is 9.13 Å². The maximum atomic E-state index is 11.9. The van der Waals surface area contributed by atoms with Gasteiger partial charge < -0.3 is 14.9 Å². The molecule has 1 aromatic rings. The molecule has 2 N–H and O–H groups in total. The van der Waals surface area contributed by atoms with E-state index in [1.807, 2.05) is 0 Å². The van der Waals surface area contributed by atoms with Crippen LogP contribution in [0.4, 0.5) is 0 Å². The molecule has 8 nitrogen and oxygen atoms in total. The van der Waals surface area contributed by atoms with E-state index in [0.717, 1.165) is 9.13 Å². The van der Waals surface area contributed by atoms with Crippen LogP contribution < -0.4 is 16.0 Å². The van der Waals surface area contributed by atoms with Crippen LogP contribution in [0.3, 0.4) is 0 Å². The Labute approximate surface area is 101 Å². The molecule has 1 unspecified atom stereocenters. The first-order valence-corrected chi connectivity index (χ1v) is 5.15. The molecule has 2 rings (SSSR count). The summed E-state index contributed by atoms with van der Waals surface area (Å²) in [5.74, 6) is -1.34. The quantitative estimate of drug-likeness (QED) is 0.642. The first kappa shape index (κ1) is 12.4. The number of nitrogens with zero attached hydrogens (tertiary/aromatic N) is 2. The second-order valence-corrected chi connectivity index (χ2v) is 4.28. The van der Waals surface area contributed by atoms with Crippen LogP contribution in [0, 0.1) is 0 Å². The number of carbonyl (C=O) groups is 1. The minimum Gasteiger partial charge on any atom is -0.481 e. The second-order valence-electron chi connectivity index (χ2n) is 4.28. The molecule has 0 fully saturated rings. The van der Waals surface area contributed by atoms with Crippen molar-refractivity contribution in [2.75, 3.05) is 6.61 Å². The van der Waals surface area contributed by atoms with Crippen molar-refractivity contribution in [2.45, 2.75) is 12.0 Å². The molecule has 1 aromatic heterocycles. The molecule has 0 aromatic carbocycles. The molecule has 0 bridgehead atoms. The number of carboxylic acids is 1. The van der Waals surface area contributed by atoms with E-state index in [2.05, 4.69) is 0 Å². The standard InChI is InChI=1S/C10H12N2O6/c1-11-7(15)6-8(12(2)9(11)16)18-4-10(6,17)3-5(13)14/h17H,3-4H2,1-2H3,(H,13,14). The van der Waals surface area contributed by atoms with E-state index in [4.69, 9.17) is 9.84 Å². The summed E-state index contributed by atoms with van der Waals surface area (Å²) >= 11 is 0. The van der Waals surface area contributed by atoms with Crippen molar-refractivity contribution < 1.29 is 19.7 Å². The molecule has 0 saturated carbocycles. The number of carboxylic acid groups (broad SMARTS) is 1. The van der Waals surface area contributed by atoms with Crippen molar-refractivity contribution in [3.05, 3.63) is 26.4 Å². The molecule has 1 aliphatic rings. The van der Waals surface area contributed by atoms with Gasteiger partial charge in [-0.3, -0.25) is 18.7 Å². The second kappa shape index (κ2) is 3.70. The SMILES string of the molecule is Cn1c2c(c(=O)n(C)c1=O)C(O)(CC(=O)O)CO2. The molecular weight excluding hydrogens is 244 g/mol. The average molecular weight is 256 g/mol. The number of aliphatic hydroxyl groups is 1. The van der Waals surface area contributed by atoms with Crippen molar-refractivity contribution in [2.24, 2.45) is 14.1 Å². The lowest BCUT2D eigenvalue weighted by molar-refractivity contribution is -0.143. The van der Waals surface area contributed by atoms with Crippen LogP contribution in [0.5, 0.6) is 5.88 Å². The van der Waals surface area contributed by atoms with Gasteiger partial charge in [0.15, 0.2) is 0 Å². The summed E-state index contributed by atoms with van der Waals surface area (Å²) in [6, 6.07) is 0. The highest BCUT2D eigenvalue weighted by atomic mass is 16.5. The zero-order chi connectivity index (χ0) is 13.7. The maximum absolute atomic E-state index is 11.9. The van der Waals surface area contributed by atoms with Crippen molar-refractivity contribution >= 4 is 5.97 Å². The average Bonchev–Trinajstić information content (AvgIpc) is 2.60. The fourth-order valence-electron chi connectivity index (χ4n) is 2.04. The van der Waals surface area contributed by atoms with Crippen LogP contribution in [0.1, 0.15) is 12.0 Å². The molecule has 1 atom stereocenters. The summed E-state index contributed by atoms with van der Waals surface area (Å²) in [4.78, 5) is 34.3. The normalized spacial score (nSPS) is 21.5.